The smallest absolute Gasteiger partial charge is 0.274 e. The highest BCUT2D eigenvalue weighted by atomic mass is 16.5. The van der Waals surface area contributed by atoms with Crippen LogP contribution in [0.15, 0.2) is 36.5 Å². The van der Waals surface area contributed by atoms with Gasteiger partial charge in [0.15, 0.2) is 0 Å². The number of rotatable bonds is 7. The fourth-order valence-corrected chi connectivity index (χ4v) is 4.78. The summed E-state index contributed by atoms with van der Waals surface area (Å²) < 4.78 is 7.47. The lowest BCUT2D eigenvalue weighted by molar-refractivity contribution is 0.0360. The van der Waals surface area contributed by atoms with Crippen molar-refractivity contribution in [2.75, 3.05) is 62.8 Å². The summed E-state index contributed by atoms with van der Waals surface area (Å²) in [5, 5.41) is 12.3. The van der Waals surface area contributed by atoms with Gasteiger partial charge in [0.2, 0.25) is 0 Å². The molecule has 1 aromatic carbocycles. The molecule has 3 aliphatic rings. The Labute approximate surface area is 199 Å². The number of aromatic nitrogens is 3. The monoisotopic (exact) mass is 461 g/mol. The standard InChI is InChI=1S/C25H31N7O2/c33-25(21-2-1-3-24(27-21)31-7-6-26-17-31)28-23-14-19-16-32(9-8-30-10-12-34-13-11-30)29-22(19)15-20(23)18-4-5-18/h1-3,14-16,18,26H,4-13,17H2,(H,28,33). The summed E-state index contributed by atoms with van der Waals surface area (Å²) in [6, 6.07) is 9.87. The van der Waals surface area contributed by atoms with E-state index in [1.54, 1.807) is 6.07 Å². The lowest BCUT2D eigenvalue weighted by Crippen LogP contribution is -2.38. The summed E-state index contributed by atoms with van der Waals surface area (Å²) in [6.07, 6.45) is 4.39. The summed E-state index contributed by atoms with van der Waals surface area (Å²) in [7, 11) is 0. The number of anilines is 2. The molecule has 9 nitrogen and oxygen atoms in total. The number of ether oxygens (including phenoxy) is 1. The fourth-order valence-electron chi connectivity index (χ4n) is 4.78. The Morgan fingerprint density at radius 2 is 2.03 bits per heavy atom. The van der Waals surface area contributed by atoms with Gasteiger partial charge in [-0.2, -0.15) is 5.10 Å². The number of hydrogen-bond acceptors (Lipinski definition) is 7. The van der Waals surface area contributed by atoms with Gasteiger partial charge in [-0.3, -0.25) is 19.7 Å². The van der Waals surface area contributed by atoms with E-state index in [0.29, 0.717) is 11.6 Å². The Hall–Kier alpha value is -3.01. The highest BCUT2D eigenvalue weighted by Crippen LogP contribution is 2.44. The van der Waals surface area contributed by atoms with Crippen molar-refractivity contribution < 1.29 is 9.53 Å². The maximum absolute atomic E-state index is 13.2. The molecule has 3 fully saturated rings. The number of nitrogens with one attached hydrogen (secondary N) is 2. The summed E-state index contributed by atoms with van der Waals surface area (Å²) in [5.74, 6) is 1.15. The Kier molecular flexibility index (Phi) is 5.90. The van der Waals surface area contributed by atoms with Crippen LogP contribution in [0.3, 0.4) is 0 Å². The summed E-state index contributed by atoms with van der Waals surface area (Å²) >= 11 is 0. The van der Waals surface area contributed by atoms with Crippen LogP contribution in [-0.4, -0.2) is 78.2 Å². The highest BCUT2D eigenvalue weighted by Gasteiger charge is 2.28. The van der Waals surface area contributed by atoms with Gasteiger partial charge >= 0.3 is 0 Å². The Morgan fingerprint density at radius 1 is 1.15 bits per heavy atom. The predicted molar refractivity (Wildman–Crippen MR) is 131 cm³/mol. The zero-order chi connectivity index (χ0) is 22.9. The molecule has 0 bridgehead atoms. The van der Waals surface area contributed by atoms with Crippen molar-refractivity contribution in [3.05, 3.63) is 47.8 Å². The maximum atomic E-state index is 13.2. The van der Waals surface area contributed by atoms with Gasteiger partial charge < -0.3 is 15.0 Å². The maximum Gasteiger partial charge on any atom is 0.274 e. The number of carbonyl (C=O) groups excluding carboxylic acids is 1. The van der Waals surface area contributed by atoms with E-state index in [1.165, 1.54) is 5.56 Å². The minimum Gasteiger partial charge on any atom is -0.379 e. The molecule has 0 radical (unpaired) electrons. The molecule has 0 spiro atoms. The normalized spacial score (nSPS) is 19.1. The van der Waals surface area contributed by atoms with Gasteiger partial charge in [0.05, 0.1) is 31.9 Å². The third-order valence-electron chi connectivity index (χ3n) is 6.89. The molecule has 2 aromatic heterocycles. The number of fused-ring (bicyclic) bond motifs is 1. The van der Waals surface area contributed by atoms with E-state index in [1.807, 2.05) is 16.8 Å². The fraction of sp³-hybridized carbons (Fsp3) is 0.480. The van der Waals surface area contributed by atoms with Crippen LogP contribution in [0.4, 0.5) is 11.5 Å². The molecule has 178 valence electrons. The Morgan fingerprint density at radius 3 is 2.82 bits per heavy atom. The van der Waals surface area contributed by atoms with Gasteiger partial charge in [-0.25, -0.2) is 4.98 Å². The van der Waals surface area contributed by atoms with Gasteiger partial charge in [0.1, 0.15) is 11.5 Å². The first kappa shape index (κ1) is 21.5. The van der Waals surface area contributed by atoms with Crippen LogP contribution in [0, 0.1) is 0 Å². The van der Waals surface area contributed by atoms with Crippen molar-refractivity contribution in [2.45, 2.75) is 25.3 Å². The first-order chi connectivity index (χ1) is 16.7. The second-order valence-electron chi connectivity index (χ2n) is 9.38. The quantitative estimate of drug-likeness (QED) is 0.558. The van der Waals surface area contributed by atoms with Crippen molar-refractivity contribution in [1.82, 2.24) is 25.0 Å². The second-order valence-corrected chi connectivity index (χ2v) is 9.38. The molecule has 34 heavy (non-hydrogen) atoms. The average molecular weight is 462 g/mol. The van der Waals surface area contributed by atoms with Crippen molar-refractivity contribution in [3.63, 3.8) is 0 Å². The molecule has 2 saturated heterocycles. The zero-order valence-corrected chi connectivity index (χ0v) is 19.4. The van der Waals surface area contributed by atoms with Crippen molar-refractivity contribution in [1.29, 1.82) is 0 Å². The minimum absolute atomic E-state index is 0.171. The van der Waals surface area contributed by atoms with E-state index in [9.17, 15) is 4.79 Å². The number of benzene rings is 1. The average Bonchev–Trinajstić information content (AvgIpc) is 3.40. The zero-order valence-electron chi connectivity index (χ0n) is 19.4. The van der Waals surface area contributed by atoms with Crippen molar-refractivity contribution in [2.24, 2.45) is 0 Å². The molecule has 4 heterocycles. The van der Waals surface area contributed by atoms with E-state index in [2.05, 4.69) is 43.7 Å². The number of pyridine rings is 1. The van der Waals surface area contributed by atoms with Crippen LogP contribution in [0.5, 0.6) is 0 Å². The number of nitrogens with zero attached hydrogens (tertiary/aromatic N) is 5. The van der Waals surface area contributed by atoms with Gasteiger partial charge in [-0.1, -0.05) is 6.07 Å². The Balaban J connectivity index is 1.21. The van der Waals surface area contributed by atoms with Crippen LogP contribution in [0.25, 0.3) is 10.9 Å². The number of carbonyl (C=O) groups is 1. The molecule has 6 rings (SSSR count). The van der Waals surface area contributed by atoms with Crippen LogP contribution in [-0.2, 0) is 11.3 Å². The largest absolute Gasteiger partial charge is 0.379 e. The van der Waals surface area contributed by atoms with Gasteiger partial charge in [0, 0.05) is 50.0 Å². The topological polar surface area (TPSA) is 87.5 Å². The molecule has 1 saturated carbocycles. The molecule has 9 heteroatoms. The van der Waals surface area contributed by atoms with Gasteiger partial charge in [-0.05, 0) is 48.6 Å². The van der Waals surface area contributed by atoms with E-state index < -0.39 is 0 Å². The number of morpholine rings is 1. The van der Waals surface area contributed by atoms with Gasteiger partial charge in [-0.15, -0.1) is 0 Å². The van der Waals surface area contributed by atoms with E-state index >= 15 is 0 Å². The summed E-state index contributed by atoms with van der Waals surface area (Å²) in [4.78, 5) is 22.3. The van der Waals surface area contributed by atoms with Crippen LogP contribution in [0.2, 0.25) is 0 Å². The molecule has 2 aliphatic heterocycles. The van der Waals surface area contributed by atoms with Crippen molar-refractivity contribution >= 4 is 28.3 Å². The van der Waals surface area contributed by atoms with Crippen LogP contribution >= 0.6 is 0 Å². The lowest BCUT2D eigenvalue weighted by atomic mass is 10.1. The molecular weight excluding hydrogens is 430 g/mol. The SMILES string of the molecule is O=C(Nc1cc2cn(CCN3CCOCC3)nc2cc1C1CC1)c1cccc(N2CCNC2)n1. The first-order valence-corrected chi connectivity index (χ1v) is 12.3. The number of amides is 1. The van der Waals surface area contributed by atoms with Crippen molar-refractivity contribution in [3.8, 4) is 0 Å². The molecular formula is C25H31N7O2. The van der Waals surface area contributed by atoms with Crippen LogP contribution < -0.4 is 15.5 Å². The minimum atomic E-state index is -0.171. The second kappa shape index (κ2) is 9.32. The van der Waals surface area contributed by atoms with E-state index in [0.717, 1.165) is 94.4 Å². The lowest BCUT2D eigenvalue weighted by Gasteiger charge is -2.26. The summed E-state index contributed by atoms with van der Waals surface area (Å²) in [6.45, 7) is 7.97. The first-order valence-electron chi connectivity index (χ1n) is 12.3. The molecule has 2 N–H and O–H groups in total. The molecule has 0 atom stereocenters. The van der Waals surface area contributed by atoms with Crippen LogP contribution in [0.1, 0.15) is 34.8 Å². The molecule has 0 unspecified atom stereocenters. The molecule has 1 amide bonds. The Bertz CT molecular complexity index is 1180. The number of hydrogen-bond donors (Lipinski definition) is 2. The molecule has 1 aliphatic carbocycles. The molecule has 3 aromatic rings. The van der Waals surface area contributed by atoms with E-state index in [4.69, 9.17) is 9.84 Å². The third kappa shape index (κ3) is 4.64. The van der Waals surface area contributed by atoms with E-state index in [-0.39, 0.29) is 5.91 Å². The highest BCUT2D eigenvalue weighted by molar-refractivity contribution is 6.04. The van der Waals surface area contributed by atoms with Gasteiger partial charge in [0.25, 0.3) is 5.91 Å². The summed E-state index contributed by atoms with van der Waals surface area (Å²) in [5.41, 5.74) is 3.48. The third-order valence-corrected chi connectivity index (χ3v) is 6.89. The predicted octanol–water partition coefficient (Wildman–Crippen LogP) is 2.26.